The molecule has 0 saturated carbocycles. The van der Waals surface area contributed by atoms with E-state index >= 15 is 0 Å². The molecule has 17 nitrogen and oxygen atoms in total. The van der Waals surface area contributed by atoms with Gasteiger partial charge in [-0.3, -0.25) is 9.59 Å². The van der Waals surface area contributed by atoms with Crippen molar-refractivity contribution in [3.05, 3.63) is 141 Å². The van der Waals surface area contributed by atoms with Crippen LogP contribution in [0.3, 0.4) is 0 Å². The number of amides is 2. The van der Waals surface area contributed by atoms with Crippen molar-refractivity contribution in [3.8, 4) is 23.5 Å². The summed E-state index contributed by atoms with van der Waals surface area (Å²) in [5.74, 6) is 2.48. The Morgan fingerprint density at radius 1 is 0.522 bits per heavy atom. The summed E-state index contributed by atoms with van der Waals surface area (Å²) in [6, 6.07) is 31.8. The Morgan fingerprint density at radius 3 is 1.33 bits per heavy atom. The summed E-state index contributed by atoms with van der Waals surface area (Å²) in [6.07, 6.45) is 5.13. The van der Waals surface area contributed by atoms with Gasteiger partial charge in [0.1, 0.15) is 16.9 Å². The fraction of sp³-hybridized carbons (Fsp3) is 0.347. The Balaban J connectivity index is 0.000000183. The molecule has 2 aliphatic heterocycles. The average Bonchev–Trinajstić information content (AvgIpc) is 3.38. The minimum atomic E-state index is 0.155. The highest BCUT2D eigenvalue weighted by atomic mass is 127. The number of methoxy groups -OCH3 is 2. The van der Waals surface area contributed by atoms with Gasteiger partial charge in [-0.1, -0.05) is 24.3 Å². The first kappa shape index (κ1) is 49.8. The molecule has 4 aromatic heterocycles. The standard InChI is InChI=1S/C25H29N5O3.C13H19N3O.C11H10IN3O2/c1-19(31)29-13-15-30(16-14-29)23-9-4-20(5-10-23)3-7-22-8-12-25(28-27-22)33-18-21-6-11-24(32-2)26-17-21;1-11(17)15-6-8-16(9-7-15)13-4-2-12(10-14)3-5-13;1-16-10-4-2-8(6-13-10)7-17-11-5-3-9(12)14-15-11/h4-6,8-12,17H,3,7,13-16,18H2,1-2H3;2-5H,6-10,14H2,1H3;2-6H,7H2,1H3. The normalized spacial score (nSPS) is 13.3. The highest BCUT2D eigenvalue weighted by Crippen LogP contribution is 2.20. The van der Waals surface area contributed by atoms with Crippen LogP contribution in [0.25, 0.3) is 0 Å². The van der Waals surface area contributed by atoms with Crippen LogP contribution in [-0.4, -0.2) is 119 Å². The number of rotatable bonds is 14. The highest BCUT2D eigenvalue weighted by Gasteiger charge is 2.20. The van der Waals surface area contributed by atoms with Gasteiger partial charge in [-0.2, -0.15) is 5.10 Å². The first-order valence-electron chi connectivity index (χ1n) is 22.0. The van der Waals surface area contributed by atoms with Gasteiger partial charge in [0.2, 0.25) is 35.3 Å². The molecule has 18 heteroatoms. The molecule has 2 fully saturated rings. The molecule has 67 heavy (non-hydrogen) atoms. The summed E-state index contributed by atoms with van der Waals surface area (Å²) in [7, 11) is 3.17. The Labute approximate surface area is 405 Å². The molecule has 6 aromatic rings. The zero-order chi connectivity index (χ0) is 47.4. The summed E-state index contributed by atoms with van der Waals surface area (Å²) < 4.78 is 22.0. The van der Waals surface area contributed by atoms with Gasteiger partial charge in [0.05, 0.1) is 19.9 Å². The van der Waals surface area contributed by atoms with Crippen LogP contribution in [0.2, 0.25) is 0 Å². The predicted molar refractivity (Wildman–Crippen MR) is 264 cm³/mol. The second-order valence-electron chi connectivity index (χ2n) is 15.6. The number of piperazine rings is 2. The van der Waals surface area contributed by atoms with Crippen molar-refractivity contribution in [2.45, 2.75) is 46.4 Å². The maximum atomic E-state index is 11.5. The summed E-state index contributed by atoms with van der Waals surface area (Å²) in [5, 5.41) is 16.3. The molecule has 2 N–H and O–H groups in total. The zero-order valence-corrected chi connectivity index (χ0v) is 40.6. The second-order valence-corrected chi connectivity index (χ2v) is 16.7. The van der Waals surface area contributed by atoms with E-state index in [0.717, 1.165) is 91.3 Å². The molecule has 352 valence electrons. The summed E-state index contributed by atoms with van der Waals surface area (Å²) >= 11 is 2.09. The van der Waals surface area contributed by atoms with Crippen molar-refractivity contribution in [1.29, 1.82) is 0 Å². The van der Waals surface area contributed by atoms with Gasteiger partial charge in [-0.25, -0.2) is 9.97 Å². The molecule has 0 bridgehead atoms. The molecule has 2 aliphatic rings. The van der Waals surface area contributed by atoms with Gasteiger partial charge in [0.15, 0.2) is 0 Å². The molecule has 2 aromatic carbocycles. The molecule has 8 rings (SSSR count). The van der Waals surface area contributed by atoms with E-state index < -0.39 is 0 Å². The molecular weight excluding hydrogens is 966 g/mol. The van der Waals surface area contributed by atoms with Gasteiger partial charge in [0, 0.05) is 132 Å². The van der Waals surface area contributed by atoms with E-state index in [4.69, 9.17) is 24.7 Å². The fourth-order valence-electron chi connectivity index (χ4n) is 7.04. The van der Waals surface area contributed by atoms with E-state index in [0.29, 0.717) is 43.3 Å². The lowest BCUT2D eigenvalue weighted by atomic mass is 10.1. The number of carbonyl (C=O) groups excluding carboxylic acids is 2. The van der Waals surface area contributed by atoms with Crippen molar-refractivity contribution < 1.29 is 28.5 Å². The van der Waals surface area contributed by atoms with Gasteiger partial charge in [-0.05, 0) is 95.1 Å². The average molecular weight is 1020 g/mol. The molecule has 6 heterocycles. The number of hydrogen-bond donors (Lipinski definition) is 1. The molecule has 0 radical (unpaired) electrons. The third kappa shape index (κ3) is 16.0. The molecule has 2 saturated heterocycles. The number of nitrogens with two attached hydrogens (primary N) is 1. The Hall–Kier alpha value is -6.67. The Kier molecular flexibility index (Phi) is 19.2. The van der Waals surface area contributed by atoms with Crippen molar-refractivity contribution in [3.63, 3.8) is 0 Å². The number of nitrogens with zero attached hydrogens (tertiary/aromatic N) is 10. The van der Waals surface area contributed by atoms with Gasteiger partial charge >= 0.3 is 0 Å². The first-order chi connectivity index (χ1) is 32.6. The molecule has 0 atom stereocenters. The van der Waals surface area contributed by atoms with Crippen LogP contribution in [-0.2, 0) is 42.2 Å². The van der Waals surface area contributed by atoms with Gasteiger partial charge in [-0.15, -0.1) is 15.3 Å². The second kappa shape index (κ2) is 25.9. The quantitative estimate of drug-likeness (QED) is 0.129. The predicted octanol–water partition coefficient (Wildman–Crippen LogP) is 5.79. The maximum absolute atomic E-state index is 11.5. The number of ether oxygens (including phenoxy) is 4. The monoisotopic (exact) mass is 1020 g/mol. The van der Waals surface area contributed by atoms with E-state index in [1.54, 1.807) is 58.7 Å². The highest BCUT2D eigenvalue weighted by molar-refractivity contribution is 14.1. The summed E-state index contributed by atoms with van der Waals surface area (Å²) in [5.41, 5.74) is 13.2. The number of carbonyl (C=O) groups is 2. The number of halogens is 1. The topological polar surface area (TPSA) is 187 Å². The maximum Gasteiger partial charge on any atom is 0.233 e. The smallest absolute Gasteiger partial charge is 0.233 e. The minimum Gasteiger partial charge on any atom is -0.481 e. The number of aryl methyl sites for hydroxylation is 2. The minimum absolute atomic E-state index is 0.155. The number of pyridine rings is 2. The van der Waals surface area contributed by atoms with E-state index in [2.05, 4.69) is 111 Å². The van der Waals surface area contributed by atoms with E-state index in [1.165, 1.54) is 16.9 Å². The van der Waals surface area contributed by atoms with Gasteiger partial charge in [0.25, 0.3) is 0 Å². The van der Waals surface area contributed by atoms with Crippen LogP contribution in [0.15, 0.2) is 109 Å². The number of aromatic nitrogens is 6. The van der Waals surface area contributed by atoms with Crippen LogP contribution in [0.1, 0.15) is 41.8 Å². The Morgan fingerprint density at radius 2 is 0.955 bits per heavy atom. The molecule has 0 unspecified atom stereocenters. The fourth-order valence-corrected chi connectivity index (χ4v) is 7.32. The van der Waals surface area contributed by atoms with E-state index in [-0.39, 0.29) is 11.8 Å². The van der Waals surface area contributed by atoms with Gasteiger partial charge < -0.3 is 44.3 Å². The van der Waals surface area contributed by atoms with Crippen LogP contribution in [0.4, 0.5) is 11.4 Å². The van der Waals surface area contributed by atoms with Crippen molar-refractivity contribution in [1.82, 2.24) is 40.2 Å². The van der Waals surface area contributed by atoms with Crippen LogP contribution >= 0.6 is 22.6 Å². The Bertz CT molecular complexity index is 2400. The lowest BCUT2D eigenvalue weighted by Gasteiger charge is -2.35. The summed E-state index contributed by atoms with van der Waals surface area (Å²) in [4.78, 5) is 39.4. The molecule has 2 amide bonds. The number of benzene rings is 2. The van der Waals surface area contributed by atoms with Crippen LogP contribution in [0.5, 0.6) is 23.5 Å². The lowest BCUT2D eigenvalue weighted by molar-refractivity contribution is -0.129. The van der Waals surface area contributed by atoms with E-state index in [1.807, 2.05) is 40.1 Å². The third-order valence-corrected chi connectivity index (χ3v) is 11.6. The van der Waals surface area contributed by atoms with Crippen LogP contribution < -0.4 is 34.5 Å². The zero-order valence-electron chi connectivity index (χ0n) is 38.5. The largest absolute Gasteiger partial charge is 0.481 e. The summed E-state index contributed by atoms with van der Waals surface area (Å²) in [6.45, 7) is 11.4. The molecule has 0 spiro atoms. The molecule has 0 aliphatic carbocycles. The first-order valence-corrected chi connectivity index (χ1v) is 23.1. The number of hydrogen-bond acceptors (Lipinski definition) is 15. The van der Waals surface area contributed by atoms with Crippen molar-refractivity contribution >= 4 is 45.8 Å². The molecular formula is C49H58IN11O6. The van der Waals surface area contributed by atoms with Crippen molar-refractivity contribution in [2.24, 2.45) is 5.73 Å². The van der Waals surface area contributed by atoms with E-state index in [9.17, 15) is 9.59 Å². The number of anilines is 2. The van der Waals surface area contributed by atoms with Crippen molar-refractivity contribution in [2.75, 3.05) is 76.4 Å². The van der Waals surface area contributed by atoms with Crippen LogP contribution in [0, 0.1) is 3.70 Å². The SMILES string of the molecule is CC(=O)N1CCN(c2ccc(CN)cc2)CC1.COc1ccc(COc2ccc(CCc3ccc(N4CCN(C(C)=O)CC4)cc3)nn2)cn1.COc1ccc(COc2ccc(I)nn2)cn1. The third-order valence-electron chi connectivity index (χ3n) is 11.0. The lowest BCUT2D eigenvalue weighted by Crippen LogP contribution is -2.48.